The minimum Gasteiger partial charge on any atom is -0.370 e. The Morgan fingerprint density at radius 1 is 1.47 bits per heavy atom. The molecule has 0 unspecified atom stereocenters. The number of carbonyl (C=O) groups excluding carboxylic acids is 2. The second-order valence-electron chi connectivity index (χ2n) is 4.58. The van der Waals surface area contributed by atoms with E-state index in [1.807, 2.05) is 0 Å². The molecular weight excluding hydrogens is 248 g/mol. The lowest BCUT2D eigenvalue weighted by Gasteiger charge is -2.26. The number of carbonyl (C=O) groups is 2. The van der Waals surface area contributed by atoms with Gasteiger partial charge in [-0.2, -0.15) is 0 Å². The average Bonchev–Trinajstić information content (AvgIpc) is 2.75. The molecule has 1 aliphatic rings. The third kappa shape index (κ3) is 3.75. The molecule has 0 atom stereocenters. The monoisotopic (exact) mass is 266 g/mol. The van der Waals surface area contributed by atoms with Crippen molar-refractivity contribution >= 4 is 11.8 Å². The second kappa shape index (κ2) is 6.28. The van der Waals surface area contributed by atoms with Crippen molar-refractivity contribution in [1.82, 2.24) is 25.6 Å². The lowest BCUT2D eigenvalue weighted by molar-refractivity contribution is -0.118. The zero-order chi connectivity index (χ0) is 13.7. The lowest BCUT2D eigenvalue weighted by Crippen LogP contribution is -2.43. The van der Waals surface area contributed by atoms with Crippen LogP contribution in [0.25, 0.3) is 0 Å². The van der Waals surface area contributed by atoms with Gasteiger partial charge in [0.25, 0.3) is 5.91 Å². The molecule has 2 rings (SSSR count). The second-order valence-corrected chi connectivity index (χ2v) is 4.58. The number of primary amides is 1. The highest BCUT2D eigenvalue weighted by Crippen LogP contribution is 2.09. The summed E-state index contributed by atoms with van der Waals surface area (Å²) >= 11 is 0. The van der Waals surface area contributed by atoms with E-state index in [0.717, 1.165) is 19.5 Å². The van der Waals surface area contributed by atoms with Crippen LogP contribution >= 0.6 is 0 Å². The molecule has 1 fully saturated rings. The van der Waals surface area contributed by atoms with Gasteiger partial charge in [-0.1, -0.05) is 5.21 Å². The van der Waals surface area contributed by atoms with E-state index in [4.69, 9.17) is 5.73 Å². The zero-order valence-corrected chi connectivity index (χ0v) is 10.6. The highest BCUT2D eigenvalue weighted by atomic mass is 16.2. The van der Waals surface area contributed by atoms with Crippen molar-refractivity contribution in [2.24, 2.45) is 5.73 Å². The third-order valence-electron chi connectivity index (χ3n) is 3.01. The molecule has 4 N–H and O–H groups in total. The maximum Gasteiger partial charge on any atom is 0.273 e. The summed E-state index contributed by atoms with van der Waals surface area (Å²) in [6.45, 7) is 2.22. The van der Waals surface area contributed by atoms with Gasteiger partial charge in [-0.25, -0.2) is 4.68 Å². The molecule has 8 nitrogen and oxygen atoms in total. The molecule has 8 heteroatoms. The summed E-state index contributed by atoms with van der Waals surface area (Å²) in [7, 11) is 0. The van der Waals surface area contributed by atoms with Crippen LogP contribution in [0, 0.1) is 0 Å². The molecule has 2 heterocycles. The number of aromatic nitrogens is 3. The molecule has 0 aliphatic carbocycles. The maximum atomic E-state index is 11.7. The lowest BCUT2D eigenvalue weighted by atomic mass is 10.2. The number of nitrogens with zero attached hydrogens (tertiary/aromatic N) is 3. The number of nitrogens with one attached hydrogen (secondary N) is 2. The van der Waals surface area contributed by atoms with E-state index >= 15 is 0 Å². The van der Waals surface area contributed by atoms with Gasteiger partial charge in [0.1, 0.15) is 0 Å². The van der Waals surface area contributed by atoms with Gasteiger partial charge in [0, 0.05) is 26.1 Å². The van der Waals surface area contributed by atoms with Crippen molar-refractivity contribution in [3.63, 3.8) is 0 Å². The Balaban J connectivity index is 1.70. The summed E-state index contributed by atoms with van der Waals surface area (Å²) in [5.41, 5.74) is 5.34. The first-order chi connectivity index (χ1) is 9.16. The van der Waals surface area contributed by atoms with E-state index in [1.54, 1.807) is 10.9 Å². The summed E-state index contributed by atoms with van der Waals surface area (Å²) in [6.07, 6.45) is 3.40. The molecule has 0 spiro atoms. The van der Waals surface area contributed by atoms with Crippen molar-refractivity contribution < 1.29 is 9.59 Å². The van der Waals surface area contributed by atoms with Crippen LogP contribution in [0.4, 0.5) is 0 Å². The first-order valence-corrected chi connectivity index (χ1v) is 6.36. The summed E-state index contributed by atoms with van der Waals surface area (Å²) in [6, 6.07) is 0.296. The van der Waals surface area contributed by atoms with Crippen LogP contribution < -0.4 is 16.4 Å². The minimum atomic E-state index is -0.316. The van der Waals surface area contributed by atoms with Gasteiger partial charge in [-0.05, 0) is 12.8 Å². The van der Waals surface area contributed by atoms with Crippen LogP contribution in [0.2, 0.25) is 0 Å². The van der Waals surface area contributed by atoms with Gasteiger partial charge < -0.3 is 16.4 Å². The Hall–Kier alpha value is -1.96. The smallest absolute Gasteiger partial charge is 0.273 e. The molecular formula is C11H18N6O2. The van der Waals surface area contributed by atoms with Crippen LogP contribution in [-0.2, 0) is 4.79 Å². The molecule has 2 amide bonds. The Kier molecular flexibility index (Phi) is 4.45. The van der Waals surface area contributed by atoms with E-state index in [2.05, 4.69) is 20.9 Å². The van der Waals surface area contributed by atoms with Gasteiger partial charge >= 0.3 is 0 Å². The predicted molar refractivity (Wildman–Crippen MR) is 67.3 cm³/mol. The fourth-order valence-electron chi connectivity index (χ4n) is 1.74. The Labute approximate surface area is 110 Å². The Bertz CT molecular complexity index is 454. The number of unbranched alkanes of at least 4 members (excludes halogenated alkanes) is 1. The first kappa shape index (κ1) is 13.5. The van der Waals surface area contributed by atoms with E-state index in [-0.39, 0.29) is 11.8 Å². The molecule has 0 bridgehead atoms. The Morgan fingerprint density at radius 2 is 2.26 bits per heavy atom. The predicted octanol–water partition coefficient (Wildman–Crippen LogP) is -1.19. The fourth-order valence-corrected chi connectivity index (χ4v) is 1.74. The number of amides is 2. The maximum absolute atomic E-state index is 11.7. The normalized spacial score (nSPS) is 14.9. The zero-order valence-electron chi connectivity index (χ0n) is 10.6. The van der Waals surface area contributed by atoms with Crippen LogP contribution in [-0.4, -0.2) is 46.4 Å². The van der Waals surface area contributed by atoms with Crippen LogP contribution in [0.1, 0.15) is 35.8 Å². The van der Waals surface area contributed by atoms with E-state index in [9.17, 15) is 9.59 Å². The summed E-state index contributed by atoms with van der Waals surface area (Å²) in [5.74, 6) is -0.555. The van der Waals surface area contributed by atoms with E-state index < -0.39 is 0 Å². The van der Waals surface area contributed by atoms with Crippen molar-refractivity contribution in [2.75, 3.05) is 19.6 Å². The standard InChI is InChI=1S/C11H18N6O2/c12-10(18)3-1-2-4-14-11(19)9-7-17(16-15-9)8-5-13-6-8/h7-8,13H,1-6H2,(H2,12,18)(H,14,19). The average molecular weight is 266 g/mol. The van der Waals surface area contributed by atoms with E-state index in [1.165, 1.54) is 0 Å². The number of rotatable bonds is 7. The largest absolute Gasteiger partial charge is 0.370 e. The molecule has 1 aromatic heterocycles. The number of hydrogen-bond donors (Lipinski definition) is 3. The van der Waals surface area contributed by atoms with Crippen molar-refractivity contribution in [1.29, 1.82) is 0 Å². The fraction of sp³-hybridized carbons (Fsp3) is 0.636. The molecule has 104 valence electrons. The number of nitrogens with two attached hydrogens (primary N) is 1. The molecule has 19 heavy (non-hydrogen) atoms. The Morgan fingerprint density at radius 3 is 2.89 bits per heavy atom. The summed E-state index contributed by atoms with van der Waals surface area (Å²) in [4.78, 5) is 22.3. The van der Waals surface area contributed by atoms with Gasteiger partial charge in [-0.15, -0.1) is 5.10 Å². The van der Waals surface area contributed by atoms with Crippen LogP contribution in [0.5, 0.6) is 0 Å². The summed E-state index contributed by atoms with van der Waals surface area (Å²) < 4.78 is 1.71. The van der Waals surface area contributed by atoms with E-state index in [0.29, 0.717) is 31.1 Å². The molecule has 1 saturated heterocycles. The quantitative estimate of drug-likeness (QED) is 0.537. The van der Waals surface area contributed by atoms with Crippen molar-refractivity contribution in [3.05, 3.63) is 11.9 Å². The first-order valence-electron chi connectivity index (χ1n) is 6.36. The van der Waals surface area contributed by atoms with Crippen molar-refractivity contribution in [2.45, 2.75) is 25.3 Å². The highest BCUT2D eigenvalue weighted by molar-refractivity contribution is 5.91. The van der Waals surface area contributed by atoms with Gasteiger partial charge in [0.05, 0.1) is 12.2 Å². The van der Waals surface area contributed by atoms with Crippen LogP contribution in [0.3, 0.4) is 0 Å². The SMILES string of the molecule is NC(=O)CCCCNC(=O)c1cn(C2CNC2)nn1. The third-order valence-corrected chi connectivity index (χ3v) is 3.01. The topological polar surface area (TPSA) is 115 Å². The molecule has 1 aliphatic heterocycles. The molecule has 0 aromatic carbocycles. The molecule has 1 aromatic rings. The minimum absolute atomic E-state index is 0.238. The van der Waals surface area contributed by atoms with Gasteiger partial charge in [-0.3, -0.25) is 9.59 Å². The van der Waals surface area contributed by atoms with Crippen LogP contribution in [0.15, 0.2) is 6.20 Å². The highest BCUT2D eigenvalue weighted by Gasteiger charge is 2.21. The van der Waals surface area contributed by atoms with Gasteiger partial charge in [0.15, 0.2) is 5.69 Å². The van der Waals surface area contributed by atoms with Crippen molar-refractivity contribution in [3.8, 4) is 0 Å². The van der Waals surface area contributed by atoms with Gasteiger partial charge in [0.2, 0.25) is 5.91 Å². The molecule has 0 radical (unpaired) electrons. The summed E-state index contributed by atoms with van der Waals surface area (Å²) in [5, 5.41) is 13.6. The molecule has 0 saturated carbocycles. The number of hydrogen-bond acceptors (Lipinski definition) is 5.